The van der Waals surface area contributed by atoms with Crippen molar-refractivity contribution in [1.29, 1.82) is 0 Å². The molecule has 0 spiro atoms. The summed E-state index contributed by atoms with van der Waals surface area (Å²) in [6.07, 6.45) is 49.2. The van der Waals surface area contributed by atoms with Crippen LogP contribution in [0.5, 0.6) is 0 Å². The van der Waals surface area contributed by atoms with Gasteiger partial charge in [0.1, 0.15) is 19.8 Å². The molecule has 0 saturated carbocycles. The molecule has 334 valence electrons. The number of hydrogen-bond donors (Lipinski definition) is 0. The molecule has 0 aliphatic carbocycles. The Morgan fingerprint density at radius 1 is 0.552 bits per heavy atom. The number of esters is 2. The number of rotatable bonds is 40. The van der Waals surface area contributed by atoms with Crippen molar-refractivity contribution >= 4 is 19.8 Å². The van der Waals surface area contributed by atoms with Crippen molar-refractivity contribution in [3.05, 3.63) is 72.9 Å². The van der Waals surface area contributed by atoms with Gasteiger partial charge in [-0.15, -0.1) is 0 Å². The van der Waals surface area contributed by atoms with Gasteiger partial charge in [0.25, 0.3) is 7.82 Å². The van der Waals surface area contributed by atoms with E-state index >= 15 is 0 Å². The Balaban J connectivity index is 4.45. The van der Waals surface area contributed by atoms with Crippen LogP contribution < -0.4 is 4.89 Å². The Morgan fingerprint density at radius 3 is 1.53 bits per heavy atom. The minimum Gasteiger partial charge on any atom is -0.756 e. The predicted molar refractivity (Wildman–Crippen MR) is 240 cm³/mol. The monoisotopic (exact) mass is 834 g/mol. The van der Waals surface area contributed by atoms with Crippen LogP contribution in [0.1, 0.15) is 168 Å². The third-order valence-corrected chi connectivity index (χ3v) is 10.2. The summed E-state index contributed by atoms with van der Waals surface area (Å²) in [5.41, 5.74) is 0. The quantitative estimate of drug-likeness (QED) is 0.0150. The summed E-state index contributed by atoms with van der Waals surface area (Å²) in [4.78, 5) is 37.5. The maximum Gasteiger partial charge on any atom is 0.306 e. The van der Waals surface area contributed by atoms with E-state index in [-0.39, 0.29) is 26.1 Å². The molecular formula is C48H84NO8P. The maximum absolute atomic E-state index is 12.7. The van der Waals surface area contributed by atoms with Crippen LogP contribution in [0.15, 0.2) is 72.9 Å². The lowest BCUT2D eigenvalue weighted by Crippen LogP contribution is -2.37. The Kier molecular flexibility index (Phi) is 38.1. The van der Waals surface area contributed by atoms with Crippen LogP contribution in [0.3, 0.4) is 0 Å². The van der Waals surface area contributed by atoms with Gasteiger partial charge in [-0.3, -0.25) is 14.2 Å². The van der Waals surface area contributed by atoms with E-state index in [1.165, 1.54) is 51.4 Å². The second-order valence-corrected chi connectivity index (χ2v) is 17.5. The summed E-state index contributed by atoms with van der Waals surface area (Å²) in [5, 5.41) is 0. The summed E-state index contributed by atoms with van der Waals surface area (Å²) in [7, 11) is 1.12. The van der Waals surface area contributed by atoms with Crippen LogP contribution >= 0.6 is 7.82 Å². The zero-order valence-corrected chi connectivity index (χ0v) is 38.4. The fourth-order valence-electron chi connectivity index (χ4n) is 5.63. The minimum atomic E-state index is -4.64. The molecule has 0 aromatic carbocycles. The van der Waals surface area contributed by atoms with Gasteiger partial charge in [-0.25, -0.2) is 0 Å². The lowest BCUT2D eigenvalue weighted by molar-refractivity contribution is -0.870. The average Bonchev–Trinajstić information content (AvgIpc) is 3.17. The maximum atomic E-state index is 12.7. The van der Waals surface area contributed by atoms with Gasteiger partial charge in [-0.1, -0.05) is 145 Å². The highest BCUT2D eigenvalue weighted by Gasteiger charge is 2.21. The molecule has 0 aliphatic rings. The zero-order chi connectivity index (χ0) is 42.8. The molecule has 0 N–H and O–H groups in total. The molecule has 0 fully saturated rings. The first-order valence-electron chi connectivity index (χ1n) is 22.7. The predicted octanol–water partition coefficient (Wildman–Crippen LogP) is 12.4. The number of nitrogens with zero attached hydrogens (tertiary/aromatic N) is 1. The first kappa shape index (κ1) is 55.5. The lowest BCUT2D eigenvalue weighted by atomic mass is 10.1. The van der Waals surface area contributed by atoms with Crippen molar-refractivity contribution in [1.82, 2.24) is 0 Å². The number of quaternary nitrogens is 1. The normalized spacial score (nSPS) is 14.2. The number of carbonyl (C=O) groups is 2. The molecule has 1 unspecified atom stereocenters. The fourth-order valence-corrected chi connectivity index (χ4v) is 6.36. The van der Waals surface area contributed by atoms with E-state index in [4.69, 9.17) is 18.5 Å². The van der Waals surface area contributed by atoms with Crippen LogP contribution in [0, 0.1) is 0 Å². The van der Waals surface area contributed by atoms with Gasteiger partial charge >= 0.3 is 11.9 Å². The number of phosphoric ester groups is 1. The molecule has 0 heterocycles. The molecule has 10 heteroatoms. The SMILES string of the molecule is CCCCC/C=C/C/C=C/C/C=C/C/C=C/CCCCCC(=O)OC[C@H](COP(=O)([O-])OCC[N+](C)(C)C)OC(=O)CCCCCCC/C=C/C=C/CCCCCC. The van der Waals surface area contributed by atoms with Gasteiger partial charge in [0.15, 0.2) is 6.10 Å². The average molecular weight is 834 g/mol. The number of carbonyl (C=O) groups excluding carboxylic acids is 2. The first-order chi connectivity index (χ1) is 28.0. The van der Waals surface area contributed by atoms with Crippen LogP contribution in [-0.2, 0) is 32.7 Å². The number of phosphoric acid groups is 1. The second-order valence-electron chi connectivity index (χ2n) is 16.1. The molecule has 0 amide bonds. The summed E-state index contributed by atoms with van der Waals surface area (Å²) in [6, 6.07) is 0. The molecule has 9 nitrogen and oxygen atoms in total. The highest BCUT2D eigenvalue weighted by molar-refractivity contribution is 7.45. The Labute approximate surface area is 355 Å². The van der Waals surface area contributed by atoms with Gasteiger partial charge in [0, 0.05) is 12.8 Å². The van der Waals surface area contributed by atoms with Crippen LogP contribution in [-0.4, -0.2) is 70.0 Å². The van der Waals surface area contributed by atoms with Gasteiger partial charge < -0.3 is 27.9 Å². The fraction of sp³-hybridized carbons (Fsp3) is 0.708. The molecule has 0 rings (SSSR count). The van der Waals surface area contributed by atoms with Crippen molar-refractivity contribution < 1.29 is 42.1 Å². The van der Waals surface area contributed by atoms with E-state index in [1.807, 2.05) is 21.1 Å². The molecule has 58 heavy (non-hydrogen) atoms. The topological polar surface area (TPSA) is 111 Å². The van der Waals surface area contributed by atoms with Crippen molar-refractivity contribution in [3.8, 4) is 0 Å². The third-order valence-electron chi connectivity index (χ3n) is 9.23. The first-order valence-corrected chi connectivity index (χ1v) is 24.1. The standard InChI is InChI=1S/C48H84NO8P/c1-6-8-10-12-14-16-18-20-22-23-24-25-27-28-30-32-34-36-38-40-47(50)54-44-46(45-56-58(52,53)55-43-42-49(3,4)5)57-48(51)41-39-37-35-33-31-29-26-21-19-17-15-13-11-9-7-2/h14,16-17,19-22,24-26,28,30,46H,6-13,15,18,23,27,29,31-45H2,1-5H3/b16-14+,19-17+,22-20+,25-24+,26-21+,30-28+/t46-/m1/s1. The highest BCUT2D eigenvalue weighted by atomic mass is 31.2. The van der Waals surface area contributed by atoms with E-state index in [1.54, 1.807) is 0 Å². The molecule has 0 aromatic heterocycles. The highest BCUT2D eigenvalue weighted by Crippen LogP contribution is 2.38. The zero-order valence-electron chi connectivity index (χ0n) is 37.5. The third kappa shape index (κ3) is 43.0. The molecule has 0 saturated heterocycles. The second kappa shape index (κ2) is 39.9. The smallest absolute Gasteiger partial charge is 0.306 e. The summed E-state index contributed by atoms with van der Waals surface area (Å²) in [6.45, 7) is 4.10. The Morgan fingerprint density at radius 2 is 0.983 bits per heavy atom. The van der Waals surface area contributed by atoms with Gasteiger partial charge in [0.05, 0.1) is 27.7 Å². The van der Waals surface area contributed by atoms with Gasteiger partial charge in [-0.2, -0.15) is 0 Å². The van der Waals surface area contributed by atoms with Crippen molar-refractivity contribution in [2.24, 2.45) is 0 Å². The number of likely N-dealkylation sites (N-methyl/N-ethyl adjacent to an activating group) is 1. The molecule has 0 aromatic rings. The van der Waals surface area contributed by atoms with E-state index in [9.17, 15) is 19.0 Å². The van der Waals surface area contributed by atoms with E-state index in [0.29, 0.717) is 23.9 Å². The van der Waals surface area contributed by atoms with Crippen LogP contribution in [0.4, 0.5) is 0 Å². The summed E-state index contributed by atoms with van der Waals surface area (Å²) < 4.78 is 33.9. The largest absolute Gasteiger partial charge is 0.756 e. The Bertz CT molecular complexity index is 1220. The molecule has 2 atom stereocenters. The van der Waals surface area contributed by atoms with Gasteiger partial charge in [0.2, 0.25) is 0 Å². The van der Waals surface area contributed by atoms with E-state index in [2.05, 4.69) is 86.8 Å². The number of allylic oxidation sites excluding steroid dienone is 12. The van der Waals surface area contributed by atoms with Crippen LogP contribution in [0.25, 0.3) is 0 Å². The molecule has 0 bridgehead atoms. The number of ether oxygens (including phenoxy) is 2. The summed E-state index contributed by atoms with van der Waals surface area (Å²) in [5.74, 6) is -0.894. The van der Waals surface area contributed by atoms with E-state index < -0.39 is 32.5 Å². The van der Waals surface area contributed by atoms with E-state index in [0.717, 1.165) is 77.0 Å². The van der Waals surface area contributed by atoms with Crippen molar-refractivity contribution in [2.45, 2.75) is 174 Å². The van der Waals surface area contributed by atoms with Crippen molar-refractivity contribution in [3.63, 3.8) is 0 Å². The van der Waals surface area contributed by atoms with Gasteiger partial charge in [-0.05, 0) is 83.5 Å². The summed E-state index contributed by atoms with van der Waals surface area (Å²) >= 11 is 0. The molecule has 0 aliphatic heterocycles. The minimum absolute atomic E-state index is 0.0430. The number of unbranched alkanes of at least 4 members (excludes halogenated alkanes) is 15. The van der Waals surface area contributed by atoms with Crippen LogP contribution in [0.2, 0.25) is 0 Å². The Hall–Kier alpha value is -2.55. The number of hydrogen-bond acceptors (Lipinski definition) is 8. The molecule has 0 radical (unpaired) electrons. The molecular weight excluding hydrogens is 750 g/mol. The van der Waals surface area contributed by atoms with Crippen molar-refractivity contribution in [2.75, 3.05) is 47.5 Å². The lowest BCUT2D eigenvalue weighted by Gasteiger charge is -2.28.